The highest BCUT2D eigenvalue weighted by Crippen LogP contribution is 2.50. The van der Waals surface area contributed by atoms with Crippen LogP contribution >= 0.6 is 0 Å². The van der Waals surface area contributed by atoms with Gasteiger partial charge >= 0.3 is 5.97 Å². The van der Waals surface area contributed by atoms with Gasteiger partial charge in [0.15, 0.2) is 0 Å². The zero-order chi connectivity index (χ0) is 25.5. The Hall–Kier alpha value is -0.830. The summed E-state index contributed by atoms with van der Waals surface area (Å²) in [5.74, 6) is 0.458. The van der Waals surface area contributed by atoms with E-state index in [0.29, 0.717) is 24.5 Å². The second kappa shape index (κ2) is 16.0. The molecule has 0 aliphatic rings. The SMILES string of the molecule is C=C(CC)C(=O)OC(CC)(CC)CCOC(CC)(CC)C(CC)(CC)CC(C)CCCCC. The van der Waals surface area contributed by atoms with Gasteiger partial charge in [-0.25, -0.2) is 4.79 Å². The molecular formula is C30H58O3. The first kappa shape index (κ1) is 32.2. The molecule has 0 aromatic carbocycles. The number of hydrogen-bond donors (Lipinski definition) is 0. The maximum Gasteiger partial charge on any atom is 0.333 e. The number of unbranched alkanes of at least 4 members (excludes halogenated alkanes) is 2. The summed E-state index contributed by atoms with van der Waals surface area (Å²) in [4.78, 5) is 12.5. The van der Waals surface area contributed by atoms with E-state index in [0.717, 1.165) is 44.9 Å². The van der Waals surface area contributed by atoms with Crippen LogP contribution in [-0.2, 0) is 14.3 Å². The summed E-state index contributed by atoms with van der Waals surface area (Å²) in [6, 6.07) is 0. The first-order valence-corrected chi connectivity index (χ1v) is 14.2. The summed E-state index contributed by atoms with van der Waals surface area (Å²) in [7, 11) is 0. The van der Waals surface area contributed by atoms with Crippen LogP contribution in [0.25, 0.3) is 0 Å². The van der Waals surface area contributed by atoms with Crippen molar-refractivity contribution in [2.75, 3.05) is 6.61 Å². The van der Waals surface area contributed by atoms with Gasteiger partial charge in [-0.3, -0.25) is 0 Å². The van der Waals surface area contributed by atoms with Crippen molar-refractivity contribution < 1.29 is 14.3 Å². The highest BCUT2D eigenvalue weighted by molar-refractivity contribution is 5.87. The summed E-state index contributed by atoms with van der Waals surface area (Å²) in [6.07, 6.45) is 13.7. The maximum atomic E-state index is 12.5. The highest BCUT2D eigenvalue weighted by Gasteiger charge is 2.48. The Morgan fingerprint density at radius 1 is 0.848 bits per heavy atom. The average molecular weight is 467 g/mol. The Balaban J connectivity index is 5.59. The standard InChI is InChI=1S/C30H58O3/c1-11-19-20-21-25(9)24-28(13-3,14-4)30(17-7,18-8)32-23-22-29(15-5,16-6)33-27(31)26(10)12-2/h25H,10-24H2,1-9H3. The Kier molecular flexibility index (Phi) is 15.6. The van der Waals surface area contributed by atoms with Crippen LogP contribution in [0.2, 0.25) is 0 Å². The zero-order valence-corrected chi connectivity index (χ0v) is 23.9. The second-order valence-electron chi connectivity index (χ2n) is 10.3. The minimum atomic E-state index is -0.475. The monoisotopic (exact) mass is 466 g/mol. The number of carbonyl (C=O) groups is 1. The molecule has 3 heteroatoms. The summed E-state index contributed by atoms with van der Waals surface area (Å²) >= 11 is 0. The first-order chi connectivity index (χ1) is 15.6. The van der Waals surface area contributed by atoms with E-state index in [1.165, 1.54) is 32.1 Å². The fourth-order valence-electron chi connectivity index (χ4n) is 5.88. The lowest BCUT2D eigenvalue weighted by molar-refractivity contribution is -0.174. The van der Waals surface area contributed by atoms with Crippen molar-refractivity contribution in [3.05, 3.63) is 12.2 Å². The number of carbonyl (C=O) groups excluding carboxylic acids is 1. The molecule has 33 heavy (non-hydrogen) atoms. The Morgan fingerprint density at radius 2 is 1.42 bits per heavy atom. The fraction of sp³-hybridized carbons (Fsp3) is 0.900. The predicted octanol–water partition coefficient (Wildman–Crippen LogP) is 9.43. The van der Waals surface area contributed by atoms with Crippen molar-refractivity contribution in [1.29, 1.82) is 0 Å². The van der Waals surface area contributed by atoms with Gasteiger partial charge in [-0.2, -0.15) is 0 Å². The second-order valence-corrected chi connectivity index (χ2v) is 10.3. The van der Waals surface area contributed by atoms with E-state index in [2.05, 4.69) is 62.0 Å². The topological polar surface area (TPSA) is 35.5 Å². The molecule has 0 saturated heterocycles. The van der Waals surface area contributed by atoms with E-state index in [1.807, 2.05) is 6.92 Å². The van der Waals surface area contributed by atoms with Crippen LogP contribution in [-0.4, -0.2) is 23.8 Å². The molecule has 0 spiro atoms. The van der Waals surface area contributed by atoms with Crippen molar-refractivity contribution in [3.8, 4) is 0 Å². The molecule has 0 saturated carbocycles. The fourth-order valence-corrected chi connectivity index (χ4v) is 5.88. The predicted molar refractivity (Wildman–Crippen MR) is 144 cm³/mol. The normalized spacial score (nSPS) is 13.7. The van der Waals surface area contributed by atoms with Crippen molar-refractivity contribution in [2.45, 2.75) is 157 Å². The van der Waals surface area contributed by atoms with Crippen LogP contribution in [0.1, 0.15) is 146 Å². The van der Waals surface area contributed by atoms with Gasteiger partial charge in [0.1, 0.15) is 5.60 Å². The van der Waals surface area contributed by atoms with Gasteiger partial charge in [0.05, 0.1) is 12.2 Å². The molecule has 0 amide bonds. The Morgan fingerprint density at radius 3 is 1.85 bits per heavy atom. The van der Waals surface area contributed by atoms with Crippen LogP contribution in [0.3, 0.4) is 0 Å². The number of esters is 1. The molecule has 0 aliphatic carbocycles. The van der Waals surface area contributed by atoms with Gasteiger partial charge < -0.3 is 9.47 Å². The number of ether oxygens (including phenoxy) is 2. The molecule has 0 N–H and O–H groups in total. The van der Waals surface area contributed by atoms with Gasteiger partial charge in [-0.05, 0) is 62.7 Å². The third-order valence-corrected chi connectivity index (χ3v) is 8.75. The molecule has 196 valence electrons. The van der Waals surface area contributed by atoms with Gasteiger partial charge in [0.25, 0.3) is 0 Å². The minimum Gasteiger partial charge on any atom is -0.456 e. The lowest BCUT2D eigenvalue weighted by Crippen LogP contribution is -2.51. The zero-order valence-electron chi connectivity index (χ0n) is 23.9. The lowest BCUT2D eigenvalue weighted by Gasteiger charge is -2.51. The molecule has 1 unspecified atom stereocenters. The Labute approximate surface area is 207 Å². The van der Waals surface area contributed by atoms with E-state index < -0.39 is 5.60 Å². The van der Waals surface area contributed by atoms with Crippen molar-refractivity contribution in [1.82, 2.24) is 0 Å². The van der Waals surface area contributed by atoms with Crippen molar-refractivity contribution >= 4 is 5.97 Å². The van der Waals surface area contributed by atoms with Crippen LogP contribution in [0, 0.1) is 11.3 Å². The molecule has 0 aromatic heterocycles. The van der Waals surface area contributed by atoms with Gasteiger partial charge in [0.2, 0.25) is 0 Å². The maximum absolute atomic E-state index is 12.5. The summed E-state index contributed by atoms with van der Waals surface area (Å²) < 4.78 is 12.9. The highest BCUT2D eigenvalue weighted by atomic mass is 16.6. The molecule has 0 radical (unpaired) electrons. The van der Waals surface area contributed by atoms with Crippen molar-refractivity contribution in [3.63, 3.8) is 0 Å². The van der Waals surface area contributed by atoms with E-state index in [1.54, 1.807) is 0 Å². The van der Waals surface area contributed by atoms with Crippen molar-refractivity contribution in [2.24, 2.45) is 11.3 Å². The summed E-state index contributed by atoms with van der Waals surface area (Å²) in [5, 5.41) is 0. The molecule has 0 bridgehead atoms. The van der Waals surface area contributed by atoms with Crippen LogP contribution in [0.5, 0.6) is 0 Å². The third-order valence-electron chi connectivity index (χ3n) is 8.75. The summed E-state index contributed by atoms with van der Waals surface area (Å²) in [5.41, 5.74) is 0.110. The molecule has 0 heterocycles. The van der Waals surface area contributed by atoms with E-state index in [-0.39, 0.29) is 17.0 Å². The molecular weight excluding hydrogens is 408 g/mol. The van der Waals surface area contributed by atoms with Gasteiger partial charge in [0, 0.05) is 12.0 Å². The average Bonchev–Trinajstić information content (AvgIpc) is 2.84. The summed E-state index contributed by atoms with van der Waals surface area (Å²) in [6.45, 7) is 24.7. The van der Waals surface area contributed by atoms with Crippen LogP contribution < -0.4 is 0 Å². The largest absolute Gasteiger partial charge is 0.456 e. The van der Waals surface area contributed by atoms with Gasteiger partial charge in [-0.1, -0.05) is 94.6 Å². The first-order valence-electron chi connectivity index (χ1n) is 14.2. The van der Waals surface area contributed by atoms with Gasteiger partial charge in [-0.15, -0.1) is 0 Å². The Bertz CT molecular complexity index is 539. The molecule has 0 rings (SSSR count). The number of rotatable bonds is 20. The lowest BCUT2D eigenvalue weighted by atomic mass is 9.61. The molecule has 3 nitrogen and oxygen atoms in total. The smallest absolute Gasteiger partial charge is 0.333 e. The van der Waals surface area contributed by atoms with E-state index in [4.69, 9.17) is 9.47 Å². The van der Waals surface area contributed by atoms with Crippen LogP contribution in [0.15, 0.2) is 12.2 Å². The minimum absolute atomic E-state index is 0.139. The molecule has 1 atom stereocenters. The number of hydrogen-bond acceptors (Lipinski definition) is 3. The molecule has 0 aliphatic heterocycles. The third kappa shape index (κ3) is 8.71. The molecule has 0 fully saturated rings. The van der Waals surface area contributed by atoms with Crippen LogP contribution in [0.4, 0.5) is 0 Å². The molecule has 0 aromatic rings. The van der Waals surface area contributed by atoms with E-state index >= 15 is 0 Å². The van der Waals surface area contributed by atoms with E-state index in [9.17, 15) is 4.79 Å². The quantitative estimate of drug-likeness (QED) is 0.102.